The number of oxazole rings is 1. The van der Waals surface area contributed by atoms with Gasteiger partial charge in [-0.15, -0.1) is 0 Å². The Bertz CT molecular complexity index is 673. The van der Waals surface area contributed by atoms with E-state index in [1.54, 1.807) is 18.2 Å². The average Bonchev–Trinajstić information content (AvgIpc) is 2.89. The molecule has 1 heterocycles. The predicted molar refractivity (Wildman–Crippen MR) is 90.6 cm³/mol. The number of aromatic nitrogens is 1. The van der Waals surface area contributed by atoms with E-state index in [4.69, 9.17) is 4.42 Å². The summed E-state index contributed by atoms with van der Waals surface area (Å²) < 4.78 is 5.73. The van der Waals surface area contributed by atoms with Crippen LogP contribution >= 0.6 is 0 Å². The fourth-order valence-electron chi connectivity index (χ4n) is 2.15. The van der Waals surface area contributed by atoms with E-state index in [1.807, 2.05) is 27.7 Å². The third-order valence-electron chi connectivity index (χ3n) is 3.41. The molecule has 0 aliphatic heterocycles. The number of hydrogen-bond acceptors (Lipinski definition) is 4. The molecule has 0 spiro atoms. The number of carbonyl (C=O) groups excluding carboxylic acids is 1. The number of anilines is 1. The van der Waals surface area contributed by atoms with Gasteiger partial charge in [0.25, 0.3) is 0 Å². The van der Waals surface area contributed by atoms with Crippen molar-refractivity contribution in [2.75, 3.05) is 11.9 Å². The zero-order chi connectivity index (χ0) is 17.0. The van der Waals surface area contributed by atoms with Crippen molar-refractivity contribution in [2.45, 2.75) is 52.1 Å². The molecule has 0 aliphatic carbocycles. The molecule has 1 aromatic carbocycles. The van der Waals surface area contributed by atoms with Gasteiger partial charge in [0, 0.05) is 17.6 Å². The van der Waals surface area contributed by atoms with Crippen LogP contribution in [0.5, 0.6) is 0 Å². The summed E-state index contributed by atoms with van der Waals surface area (Å²) in [5, 5.41) is 15.0. The molecule has 2 amide bonds. The maximum Gasteiger partial charge on any atom is 0.319 e. The third kappa shape index (κ3) is 4.69. The summed E-state index contributed by atoms with van der Waals surface area (Å²) in [4.78, 5) is 16.3. The summed E-state index contributed by atoms with van der Waals surface area (Å²) in [5.74, 6) is 0.664. The number of nitrogens with zero attached hydrogens (tertiary/aromatic N) is 1. The highest BCUT2D eigenvalue weighted by atomic mass is 16.3. The van der Waals surface area contributed by atoms with Gasteiger partial charge in [-0.3, -0.25) is 0 Å². The maximum atomic E-state index is 11.8. The van der Waals surface area contributed by atoms with Crippen LogP contribution in [0.15, 0.2) is 22.6 Å². The third-order valence-corrected chi connectivity index (χ3v) is 3.41. The van der Waals surface area contributed by atoms with Crippen molar-refractivity contribution in [1.29, 1.82) is 0 Å². The van der Waals surface area contributed by atoms with E-state index >= 15 is 0 Å². The molecule has 0 bridgehead atoms. The maximum absolute atomic E-state index is 11.8. The minimum absolute atomic E-state index is 0.167. The SMILES string of the molecule is CCCC(O)CNC(=O)Nc1ccc2oc(C(C)(C)C)nc2c1. The lowest BCUT2D eigenvalue weighted by atomic mass is 9.97. The van der Waals surface area contributed by atoms with Crippen molar-refractivity contribution < 1.29 is 14.3 Å². The van der Waals surface area contributed by atoms with Crippen molar-refractivity contribution in [1.82, 2.24) is 10.3 Å². The summed E-state index contributed by atoms with van der Waals surface area (Å²) in [5.41, 5.74) is 1.87. The van der Waals surface area contributed by atoms with Crippen LogP contribution in [0.1, 0.15) is 46.4 Å². The van der Waals surface area contributed by atoms with Crippen LogP contribution in [0.4, 0.5) is 10.5 Å². The molecular formula is C17H25N3O3. The number of aliphatic hydroxyl groups excluding tert-OH is 1. The molecule has 3 N–H and O–H groups in total. The number of hydrogen-bond donors (Lipinski definition) is 3. The summed E-state index contributed by atoms with van der Waals surface area (Å²) in [7, 11) is 0. The van der Waals surface area contributed by atoms with Gasteiger partial charge in [-0.2, -0.15) is 0 Å². The quantitative estimate of drug-likeness (QED) is 0.788. The van der Waals surface area contributed by atoms with Gasteiger partial charge in [0.1, 0.15) is 5.52 Å². The molecule has 0 aliphatic rings. The van der Waals surface area contributed by atoms with Crippen molar-refractivity contribution in [3.8, 4) is 0 Å². The Morgan fingerprint density at radius 2 is 2.13 bits per heavy atom. The smallest absolute Gasteiger partial charge is 0.319 e. The molecular weight excluding hydrogens is 294 g/mol. The van der Waals surface area contributed by atoms with Crippen molar-refractivity contribution in [3.63, 3.8) is 0 Å². The lowest BCUT2D eigenvalue weighted by Gasteiger charge is -2.11. The van der Waals surface area contributed by atoms with E-state index < -0.39 is 6.10 Å². The number of rotatable bonds is 5. The Labute approximate surface area is 136 Å². The summed E-state index contributed by atoms with van der Waals surface area (Å²) in [6, 6.07) is 4.98. The number of aliphatic hydroxyl groups is 1. The van der Waals surface area contributed by atoms with Crippen molar-refractivity contribution in [3.05, 3.63) is 24.1 Å². The van der Waals surface area contributed by atoms with Gasteiger partial charge in [-0.05, 0) is 24.6 Å². The fraction of sp³-hybridized carbons (Fsp3) is 0.529. The molecule has 2 rings (SSSR count). The van der Waals surface area contributed by atoms with E-state index in [0.717, 1.165) is 6.42 Å². The van der Waals surface area contributed by atoms with Crippen LogP contribution in [0.3, 0.4) is 0 Å². The molecule has 1 unspecified atom stereocenters. The standard InChI is InChI=1S/C17H25N3O3/c1-5-6-12(21)10-18-16(22)19-11-7-8-14-13(9-11)20-15(23-14)17(2,3)4/h7-9,12,21H,5-6,10H2,1-4H3,(H2,18,19,22). The summed E-state index contributed by atoms with van der Waals surface area (Å²) >= 11 is 0. The fourth-order valence-corrected chi connectivity index (χ4v) is 2.15. The first kappa shape index (κ1) is 17.3. The number of fused-ring (bicyclic) bond motifs is 1. The van der Waals surface area contributed by atoms with E-state index in [2.05, 4.69) is 15.6 Å². The molecule has 126 valence electrons. The lowest BCUT2D eigenvalue weighted by Crippen LogP contribution is -2.35. The molecule has 0 saturated carbocycles. The highest BCUT2D eigenvalue weighted by molar-refractivity contribution is 5.91. The van der Waals surface area contributed by atoms with Gasteiger partial charge >= 0.3 is 6.03 Å². The molecule has 0 saturated heterocycles. The zero-order valence-electron chi connectivity index (χ0n) is 14.1. The van der Waals surface area contributed by atoms with Crippen molar-refractivity contribution >= 4 is 22.8 Å². The molecule has 0 radical (unpaired) electrons. The number of urea groups is 1. The molecule has 2 aromatic rings. The van der Waals surface area contributed by atoms with Crippen LogP contribution in [0.25, 0.3) is 11.1 Å². The van der Waals surface area contributed by atoms with E-state index in [1.165, 1.54) is 0 Å². The van der Waals surface area contributed by atoms with Gasteiger partial charge in [0.15, 0.2) is 5.58 Å². The second-order valence-electron chi connectivity index (χ2n) is 6.73. The minimum atomic E-state index is -0.516. The van der Waals surface area contributed by atoms with Gasteiger partial charge in [-0.25, -0.2) is 9.78 Å². The Kier molecular flexibility index (Phi) is 5.26. The normalized spacial score (nSPS) is 13.1. The van der Waals surface area contributed by atoms with Crippen LogP contribution in [0.2, 0.25) is 0 Å². The van der Waals surface area contributed by atoms with Gasteiger partial charge in [0.2, 0.25) is 5.89 Å². The van der Waals surface area contributed by atoms with E-state index in [9.17, 15) is 9.90 Å². The summed E-state index contributed by atoms with van der Waals surface area (Å²) in [6.45, 7) is 8.33. The molecule has 1 aromatic heterocycles. The van der Waals surface area contributed by atoms with Crippen LogP contribution in [0, 0.1) is 0 Å². The Balaban J connectivity index is 2.02. The molecule has 0 fully saturated rings. The number of amides is 2. The van der Waals surface area contributed by atoms with Crippen molar-refractivity contribution in [2.24, 2.45) is 0 Å². The summed E-state index contributed by atoms with van der Waals surface area (Å²) in [6.07, 6.45) is 1.03. The topological polar surface area (TPSA) is 87.4 Å². The first-order chi connectivity index (χ1) is 10.8. The van der Waals surface area contributed by atoms with Crippen LogP contribution in [-0.2, 0) is 5.41 Å². The Morgan fingerprint density at radius 1 is 1.39 bits per heavy atom. The molecule has 23 heavy (non-hydrogen) atoms. The van der Waals surface area contributed by atoms with Gasteiger partial charge in [0.05, 0.1) is 6.10 Å². The molecule has 6 heteroatoms. The van der Waals surface area contributed by atoms with E-state index in [0.29, 0.717) is 29.1 Å². The first-order valence-corrected chi connectivity index (χ1v) is 7.93. The Hall–Kier alpha value is -2.08. The highest BCUT2D eigenvalue weighted by Crippen LogP contribution is 2.27. The van der Waals surface area contributed by atoms with E-state index in [-0.39, 0.29) is 18.0 Å². The van der Waals surface area contributed by atoms with Crippen LogP contribution < -0.4 is 10.6 Å². The molecule has 6 nitrogen and oxygen atoms in total. The number of benzene rings is 1. The zero-order valence-corrected chi connectivity index (χ0v) is 14.1. The first-order valence-electron chi connectivity index (χ1n) is 7.93. The van der Waals surface area contributed by atoms with Crippen LogP contribution in [-0.4, -0.2) is 28.8 Å². The monoisotopic (exact) mass is 319 g/mol. The highest BCUT2D eigenvalue weighted by Gasteiger charge is 2.21. The second kappa shape index (κ2) is 7.00. The van der Waals surface area contributed by atoms with Gasteiger partial charge in [-0.1, -0.05) is 34.1 Å². The largest absolute Gasteiger partial charge is 0.440 e. The van der Waals surface area contributed by atoms with Gasteiger partial charge < -0.3 is 20.2 Å². The Morgan fingerprint density at radius 3 is 2.78 bits per heavy atom. The number of carbonyl (C=O) groups is 1. The average molecular weight is 319 g/mol. The minimum Gasteiger partial charge on any atom is -0.440 e. The lowest BCUT2D eigenvalue weighted by molar-refractivity contribution is 0.162. The number of nitrogens with one attached hydrogen (secondary N) is 2. The second-order valence-corrected chi connectivity index (χ2v) is 6.73. The molecule has 1 atom stereocenters. The predicted octanol–water partition coefficient (Wildman–Crippen LogP) is 3.41.